The molecular formula is C11H21NO3. The second-order valence-electron chi connectivity index (χ2n) is 5.06. The van der Waals surface area contributed by atoms with E-state index >= 15 is 0 Å². The number of carbonyl (C=O) groups excluding carboxylic acids is 1. The van der Waals surface area contributed by atoms with Crippen LogP contribution in [0.4, 0.5) is 4.79 Å². The molecule has 1 amide bonds. The van der Waals surface area contributed by atoms with Crippen LogP contribution >= 0.6 is 0 Å². The maximum Gasteiger partial charge on any atom is 0.408 e. The van der Waals surface area contributed by atoms with Gasteiger partial charge >= 0.3 is 6.09 Å². The van der Waals surface area contributed by atoms with Gasteiger partial charge in [-0.3, -0.25) is 0 Å². The zero-order chi connectivity index (χ0) is 11.5. The third kappa shape index (κ3) is 3.70. The van der Waals surface area contributed by atoms with E-state index in [4.69, 9.17) is 9.47 Å². The highest BCUT2D eigenvalue weighted by molar-refractivity contribution is 5.68. The van der Waals surface area contributed by atoms with Crippen LogP contribution in [0.5, 0.6) is 0 Å². The first-order valence-electron chi connectivity index (χ1n) is 5.46. The lowest BCUT2D eigenvalue weighted by Crippen LogP contribution is -2.50. The van der Waals surface area contributed by atoms with Gasteiger partial charge < -0.3 is 14.8 Å². The smallest absolute Gasteiger partial charge is 0.408 e. The quantitative estimate of drug-likeness (QED) is 0.767. The molecule has 88 valence electrons. The second kappa shape index (κ2) is 4.39. The first kappa shape index (κ1) is 12.3. The molecule has 0 radical (unpaired) electrons. The number of hydrogen-bond donors (Lipinski definition) is 1. The number of carbonyl (C=O) groups is 1. The molecule has 1 N–H and O–H groups in total. The fourth-order valence-electron chi connectivity index (χ4n) is 1.59. The van der Waals surface area contributed by atoms with Gasteiger partial charge in [-0.25, -0.2) is 4.79 Å². The van der Waals surface area contributed by atoms with Crippen LogP contribution in [0.3, 0.4) is 0 Å². The average Bonchev–Trinajstić information content (AvgIpc) is 2.50. The van der Waals surface area contributed by atoms with Crippen LogP contribution in [0, 0.1) is 0 Å². The minimum atomic E-state index is -0.446. The van der Waals surface area contributed by atoms with Crippen LogP contribution in [0.15, 0.2) is 0 Å². The predicted molar refractivity (Wildman–Crippen MR) is 57.8 cm³/mol. The van der Waals surface area contributed by atoms with E-state index in [9.17, 15) is 4.79 Å². The first-order valence-corrected chi connectivity index (χ1v) is 5.46. The van der Waals surface area contributed by atoms with Crippen molar-refractivity contribution in [2.45, 2.75) is 51.7 Å². The third-order valence-electron chi connectivity index (χ3n) is 2.55. The Morgan fingerprint density at radius 2 is 2.20 bits per heavy atom. The molecule has 0 spiro atoms. The lowest BCUT2D eigenvalue weighted by Gasteiger charge is -2.29. The molecule has 15 heavy (non-hydrogen) atoms. The molecule has 1 heterocycles. The molecule has 0 aromatic heterocycles. The summed E-state index contributed by atoms with van der Waals surface area (Å²) >= 11 is 0. The summed E-state index contributed by atoms with van der Waals surface area (Å²) in [5, 5.41) is 2.91. The maximum atomic E-state index is 11.6. The number of ether oxygens (including phenoxy) is 2. The van der Waals surface area contributed by atoms with E-state index in [1.807, 2.05) is 27.7 Å². The van der Waals surface area contributed by atoms with Gasteiger partial charge in [-0.1, -0.05) is 6.92 Å². The fourth-order valence-corrected chi connectivity index (χ4v) is 1.59. The summed E-state index contributed by atoms with van der Waals surface area (Å²) in [6.45, 7) is 8.92. The molecule has 1 fully saturated rings. The summed E-state index contributed by atoms with van der Waals surface area (Å²) in [6.07, 6.45) is 1.38. The van der Waals surface area contributed by atoms with Gasteiger partial charge in [0.2, 0.25) is 0 Å². The largest absolute Gasteiger partial charge is 0.444 e. The van der Waals surface area contributed by atoms with Crippen LogP contribution in [0.1, 0.15) is 40.5 Å². The van der Waals surface area contributed by atoms with E-state index in [0.717, 1.165) is 12.8 Å². The molecule has 1 aliphatic heterocycles. The predicted octanol–water partition coefficient (Wildman–Crippen LogP) is 2.08. The van der Waals surface area contributed by atoms with E-state index in [0.29, 0.717) is 13.2 Å². The zero-order valence-corrected chi connectivity index (χ0v) is 10.1. The van der Waals surface area contributed by atoms with Gasteiger partial charge in [-0.05, 0) is 33.6 Å². The van der Waals surface area contributed by atoms with Crippen molar-refractivity contribution in [1.29, 1.82) is 0 Å². The van der Waals surface area contributed by atoms with Gasteiger partial charge in [0, 0.05) is 6.61 Å². The average molecular weight is 215 g/mol. The Morgan fingerprint density at radius 1 is 1.53 bits per heavy atom. The number of amides is 1. The van der Waals surface area contributed by atoms with Gasteiger partial charge in [0.15, 0.2) is 0 Å². The Kier molecular flexibility index (Phi) is 3.60. The van der Waals surface area contributed by atoms with Crippen molar-refractivity contribution >= 4 is 6.09 Å². The van der Waals surface area contributed by atoms with Crippen molar-refractivity contribution in [1.82, 2.24) is 5.32 Å². The lowest BCUT2D eigenvalue weighted by molar-refractivity contribution is 0.0437. The molecule has 0 aliphatic carbocycles. The minimum Gasteiger partial charge on any atom is -0.444 e. The summed E-state index contributed by atoms with van der Waals surface area (Å²) in [4.78, 5) is 11.6. The Morgan fingerprint density at radius 3 is 2.60 bits per heavy atom. The highest BCUT2D eigenvalue weighted by Gasteiger charge is 2.35. The van der Waals surface area contributed by atoms with Crippen LogP contribution in [0.25, 0.3) is 0 Å². The molecule has 1 aliphatic rings. The molecule has 4 heteroatoms. The Hall–Kier alpha value is -0.770. The van der Waals surface area contributed by atoms with Crippen molar-refractivity contribution in [2.24, 2.45) is 0 Å². The summed E-state index contributed by atoms with van der Waals surface area (Å²) in [5.41, 5.74) is -0.666. The SMILES string of the molecule is CCC1(NC(=O)OC(C)(C)C)CCOC1. The fraction of sp³-hybridized carbons (Fsp3) is 0.909. The number of rotatable bonds is 2. The van der Waals surface area contributed by atoms with Crippen molar-refractivity contribution in [2.75, 3.05) is 13.2 Å². The van der Waals surface area contributed by atoms with E-state index in [2.05, 4.69) is 5.32 Å². The van der Waals surface area contributed by atoms with Crippen molar-refractivity contribution in [3.8, 4) is 0 Å². The van der Waals surface area contributed by atoms with Crippen LogP contribution in [-0.2, 0) is 9.47 Å². The number of nitrogens with one attached hydrogen (secondary N) is 1. The van der Waals surface area contributed by atoms with Crippen LogP contribution < -0.4 is 5.32 Å². The zero-order valence-electron chi connectivity index (χ0n) is 10.1. The van der Waals surface area contributed by atoms with Crippen molar-refractivity contribution in [3.05, 3.63) is 0 Å². The van der Waals surface area contributed by atoms with E-state index in [1.165, 1.54) is 0 Å². The molecule has 0 bridgehead atoms. The summed E-state index contributed by atoms with van der Waals surface area (Å²) in [7, 11) is 0. The summed E-state index contributed by atoms with van der Waals surface area (Å²) < 4.78 is 10.5. The van der Waals surface area contributed by atoms with Crippen molar-refractivity contribution < 1.29 is 14.3 Å². The van der Waals surface area contributed by atoms with E-state index in [-0.39, 0.29) is 11.6 Å². The van der Waals surface area contributed by atoms with Gasteiger partial charge in [-0.15, -0.1) is 0 Å². The normalized spacial score (nSPS) is 26.4. The topological polar surface area (TPSA) is 47.6 Å². The molecule has 0 aromatic rings. The summed E-state index contributed by atoms with van der Waals surface area (Å²) in [6, 6.07) is 0. The highest BCUT2D eigenvalue weighted by Crippen LogP contribution is 2.22. The molecule has 0 aromatic carbocycles. The third-order valence-corrected chi connectivity index (χ3v) is 2.55. The van der Waals surface area contributed by atoms with Crippen LogP contribution in [-0.4, -0.2) is 30.4 Å². The van der Waals surface area contributed by atoms with Gasteiger partial charge in [0.05, 0.1) is 12.1 Å². The van der Waals surface area contributed by atoms with Crippen molar-refractivity contribution in [3.63, 3.8) is 0 Å². The summed E-state index contributed by atoms with van der Waals surface area (Å²) in [5.74, 6) is 0. The molecule has 1 atom stereocenters. The first-order chi connectivity index (χ1) is 6.87. The highest BCUT2D eigenvalue weighted by atomic mass is 16.6. The van der Waals surface area contributed by atoms with Gasteiger partial charge in [-0.2, -0.15) is 0 Å². The van der Waals surface area contributed by atoms with E-state index < -0.39 is 5.60 Å². The number of alkyl carbamates (subject to hydrolysis) is 1. The van der Waals surface area contributed by atoms with Crippen LogP contribution in [0.2, 0.25) is 0 Å². The minimum absolute atomic E-state index is 0.220. The monoisotopic (exact) mass is 215 g/mol. The maximum absolute atomic E-state index is 11.6. The number of hydrogen-bond acceptors (Lipinski definition) is 3. The molecule has 1 unspecified atom stereocenters. The molecule has 1 saturated heterocycles. The Bertz CT molecular complexity index is 226. The molecule has 0 saturated carbocycles. The lowest BCUT2D eigenvalue weighted by atomic mass is 9.96. The molecule has 4 nitrogen and oxygen atoms in total. The standard InChI is InChI=1S/C11H21NO3/c1-5-11(6-7-14-8-11)12-9(13)15-10(2,3)4/h5-8H2,1-4H3,(H,12,13). The van der Waals surface area contributed by atoms with Gasteiger partial charge in [0.1, 0.15) is 5.60 Å². The second-order valence-corrected chi connectivity index (χ2v) is 5.06. The van der Waals surface area contributed by atoms with E-state index in [1.54, 1.807) is 0 Å². The Labute approximate surface area is 91.3 Å². The molecular weight excluding hydrogens is 194 g/mol. The Balaban J connectivity index is 2.49. The molecule has 1 rings (SSSR count). The van der Waals surface area contributed by atoms with Gasteiger partial charge in [0.25, 0.3) is 0 Å².